The summed E-state index contributed by atoms with van der Waals surface area (Å²) in [5, 5.41) is 8.52. The number of hydrogen-bond donors (Lipinski definition) is 0. The molecule has 1 fully saturated rings. The maximum atomic E-state index is 12.8. The number of amides is 1. The Balaban J connectivity index is 1.28. The summed E-state index contributed by atoms with van der Waals surface area (Å²) in [7, 11) is 0. The Morgan fingerprint density at radius 3 is 2.77 bits per heavy atom. The number of piperidine rings is 1. The molecule has 3 aromatic heterocycles. The zero-order chi connectivity index (χ0) is 20.7. The molecule has 0 bridgehead atoms. The lowest BCUT2D eigenvalue weighted by Crippen LogP contribution is -2.38. The summed E-state index contributed by atoms with van der Waals surface area (Å²) < 4.78 is 9.64. The monoisotopic (exact) mass is 404 g/mol. The molecule has 1 aromatic carbocycles. The third-order valence-corrected chi connectivity index (χ3v) is 5.98. The standard InChI is InChI=1S/C22H24N6O2/c1-15-13-20(30-16(15)2)22(29)26-10-7-17(8-11-26)21-23-9-12-27(21)14-28-19-6-4-3-5-18(19)24-25-28/h3-6,9,12-13,17H,7-8,10-11,14H2,1-2H3. The van der Waals surface area contributed by atoms with Crippen LogP contribution in [0.3, 0.4) is 0 Å². The second-order valence-electron chi connectivity index (χ2n) is 7.89. The molecule has 4 heterocycles. The van der Waals surface area contributed by atoms with Gasteiger partial charge in [0.15, 0.2) is 5.76 Å². The summed E-state index contributed by atoms with van der Waals surface area (Å²) in [6.45, 7) is 5.80. The van der Waals surface area contributed by atoms with Crippen molar-refractivity contribution in [2.24, 2.45) is 0 Å². The zero-order valence-corrected chi connectivity index (χ0v) is 17.2. The molecule has 0 saturated carbocycles. The number of benzene rings is 1. The van der Waals surface area contributed by atoms with Gasteiger partial charge in [-0.15, -0.1) is 5.10 Å². The quantitative estimate of drug-likeness (QED) is 0.521. The van der Waals surface area contributed by atoms with Crippen LogP contribution in [0.5, 0.6) is 0 Å². The summed E-state index contributed by atoms with van der Waals surface area (Å²) in [6.07, 6.45) is 5.57. The third kappa shape index (κ3) is 3.28. The predicted molar refractivity (Wildman–Crippen MR) is 111 cm³/mol. The molecule has 0 atom stereocenters. The van der Waals surface area contributed by atoms with E-state index >= 15 is 0 Å². The molecule has 1 saturated heterocycles. The molecule has 4 aromatic rings. The summed E-state index contributed by atoms with van der Waals surface area (Å²) in [5.41, 5.74) is 2.90. The number of aryl methyl sites for hydroxylation is 2. The van der Waals surface area contributed by atoms with Crippen LogP contribution < -0.4 is 0 Å². The minimum atomic E-state index is -0.0259. The van der Waals surface area contributed by atoms with Crippen LogP contribution in [0.4, 0.5) is 0 Å². The van der Waals surface area contributed by atoms with Crippen LogP contribution in [0.25, 0.3) is 11.0 Å². The largest absolute Gasteiger partial charge is 0.456 e. The lowest BCUT2D eigenvalue weighted by molar-refractivity contribution is 0.0676. The second kappa shape index (κ2) is 7.44. The van der Waals surface area contributed by atoms with Crippen molar-refractivity contribution >= 4 is 16.9 Å². The van der Waals surface area contributed by atoms with E-state index in [1.807, 2.05) is 66.2 Å². The molecule has 0 radical (unpaired) electrons. The van der Waals surface area contributed by atoms with E-state index in [1.54, 1.807) is 0 Å². The van der Waals surface area contributed by atoms with Gasteiger partial charge in [-0.25, -0.2) is 9.67 Å². The molecule has 8 heteroatoms. The molecule has 0 aliphatic carbocycles. The van der Waals surface area contributed by atoms with E-state index in [-0.39, 0.29) is 5.91 Å². The van der Waals surface area contributed by atoms with Crippen LogP contribution in [0.2, 0.25) is 0 Å². The van der Waals surface area contributed by atoms with E-state index < -0.39 is 0 Å². The van der Waals surface area contributed by atoms with E-state index in [1.165, 1.54) is 0 Å². The van der Waals surface area contributed by atoms with Crippen molar-refractivity contribution in [1.82, 2.24) is 29.4 Å². The van der Waals surface area contributed by atoms with Crippen molar-refractivity contribution in [1.29, 1.82) is 0 Å². The van der Waals surface area contributed by atoms with E-state index in [4.69, 9.17) is 4.42 Å². The normalized spacial score (nSPS) is 15.2. The number of carbonyl (C=O) groups is 1. The average molecular weight is 404 g/mol. The van der Waals surface area contributed by atoms with E-state index in [9.17, 15) is 4.79 Å². The molecule has 0 unspecified atom stereocenters. The first-order valence-corrected chi connectivity index (χ1v) is 10.3. The van der Waals surface area contributed by atoms with Gasteiger partial charge in [0, 0.05) is 31.4 Å². The van der Waals surface area contributed by atoms with Gasteiger partial charge in [-0.1, -0.05) is 17.3 Å². The molecule has 1 amide bonds. The van der Waals surface area contributed by atoms with Crippen LogP contribution in [0.1, 0.15) is 46.5 Å². The number of nitrogens with zero attached hydrogens (tertiary/aromatic N) is 6. The Morgan fingerprint density at radius 2 is 2.00 bits per heavy atom. The highest BCUT2D eigenvalue weighted by Crippen LogP contribution is 2.28. The lowest BCUT2D eigenvalue weighted by Gasteiger charge is -2.31. The van der Waals surface area contributed by atoms with Gasteiger partial charge in [-0.3, -0.25) is 4.79 Å². The van der Waals surface area contributed by atoms with Crippen molar-refractivity contribution in [3.8, 4) is 0 Å². The van der Waals surface area contributed by atoms with Gasteiger partial charge in [0.1, 0.15) is 23.8 Å². The smallest absolute Gasteiger partial charge is 0.289 e. The highest BCUT2D eigenvalue weighted by Gasteiger charge is 2.28. The number of aromatic nitrogens is 5. The van der Waals surface area contributed by atoms with Gasteiger partial charge in [0.05, 0.1) is 5.52 Å². The van der Waals surface area contributed by atoms with E-state index in [0.29, 0.717) is 31.4 Å². The summed E-state index contributed by atoms with van der Waals surface area (Å²) in [5.74, 6) is 2.55. The molecule has 8 nitrogen and oxygen atoms in total. The molecule has 0 N–H and O–H groups in total. The maximum Gasteiger partial charge on any atom is 0.289 e. The number of carbonyl (C=O) groups excluding carboxylic acids is 1. The van der Waals surface area contributed by atoms with Gasteiger partial charge >= 0.3 is 0 Å². The number of furan rings is 1. The third-order valence-electron chi connectivity index (χ3n) is 5.98. The predicted octanol–water partition coefficient (Wildman–Crippen LogP) is 3.36. The molecule has 154 valence electrons. The Labute approximate surface area is 174 Å². The first-order chi connectivity index (χ1) is 14.6. The average Bonchev–Trinajstić information content (AvgIpc) is 3.48. The van der Waals surface area contributed by atoms with Gasteiger partial charge < -0.3 is 13.9 Å². The number of likely N-dealkylation sites (tertiary alicyclic amines) is 1. The minimum Gasteiger partial charge on any atom is -0.456 e. The van der Waals surface area contributed by atoms with Crippen LogP contribution in [-0.4, -0.2) is 48.4 Å². The fourth-order valence-electron chi connectivity index (χ4n) is 4.14. The van der Waals surface area contributed by atoms with Crippen molar-refractivity contribution in [3.05, 3.63) is 65.6 Å². The molecule has 5 rings (SSSR count). The summed E-state index contributed by atoms with van der Waals surface area (Å²) >= 11 is 0. The van der Waals surface area contributed by atoms with Crippen LogP contribution in [0.15, 0.2) is 47.1 Å². The van der Waals surface area contributed by atoms with E-state index in [2.05, 4.69) is 19.9 Å². The van der Waals surface area contributed by atoms with Crippen molar-refractivity contribution < 1.29 is 9.21 Å². The highest BCUT2D eigenvalue weighted by molar-refractivity contribution is 5.91. The molecular weight excluding hydrogens is 380 g/mol. The van der Waals surface area contributed by atoms with Crippen LogP contribution in [-0.2, 0) is 6.67 Å². The van der Waals surface area contributed by atoms with Crippen LogP contribution >= 0.6 is 0 Å². The van der Waals surface area contributed by atoms with Crippen molar-refractivity contribution in [2.75, 3.05) is 13.1 Å². The Bertz CT molecular complexity index is 1180. The van der Waals surface area contributed by atoms with Gasteiger partial charge in [0.2, 0.25) is 0 Å². The number of fused-ring (bicyclic) bond motifs is 1. The Hall–Kier alpha value is -3.42. The second-order valence-corrected chi connectivity index (χ2v) is 7.89. The van der Waals surface area contributed by atoms with Gasteiger partial charge in [0.25, 0.3) is 5.91 Å². The SMILES string of the molecule is Cc1cc(C(=O)N2CCC(c3nccn3Cn3nnc4ccccc43)CC2)oc1C. The lowest BCUT2D eigenvalue weighted by atomic mass is 9.95. The maximum absolute atomic E-state index is 12.8. The van der Waals surface area contributed by atoms with E-state index in [0.717, 1.165) is 41.0 Å². The Kier molecular flexibility index (Phi) is 4.61. The fourth-order valence-corrected chi connectivity index (χ4v) is 4.14. The number of para-hydroxylation sites is 1. The van der Waals surface area contributed by atoms with Crippen LogP contribution in [0, 0.1) is 13.8 Å². The van der Waals surface area contributed by atoms with Crippen molar-refractivity contribution in [3.63, 3.8) is 0 Å². The molecule has 1 aliphatic heterocycles. The number of rotatable bonds is 4. The molecule has 1 aliphatic rings. The molecule has 0 spiro atoms. The highest BCUT2D eigenvalue weighted by atomic mass is 16.4. The van der Waals surface area contributed by atoms with Crippen molar-refractivity contribution in [2.45, 2.75) is 39.3 Å². The molecule has 30 heavy (non-hydrogen) atoms. The van der Waals surface area contributed by atoms with Gasteiger partial charge in [-0.2, -0.15) is 0 Å². The van der Waals surface area contributed by atoms with Gasteiger partial charge in [-0.05, 0) is 50.5 Å². The first-order valence-electron chi connectivity index (χ1n) is 10.3. The summed E-state index contributed by atoms with van der Waals surface area (Å²) in [6, 6.07) is 9.77. The zero-order valence-electron chi connectivity index (χ0n) is 17.2. The number of imidazole rings is 1. The Morgan fingerprint density at radius 1 is 1.20 bits per heavy atom. The number of hydrogen-bond acceptors (Lipinski definition) is 5. The summed E-state index contributed by atoms with van der Waals surface area (Å²) in [4.78, 5) is 19.3. The minimum absolute atomic E-state index is 0.0259. The fraction of sp³-hybridized carbons (Fsp3) is 0.364. The molecular formula is C22H24N6O2. The topological polar surface area (TPSA) is 82.0 Å². The first kappa shape index (κ1) is 18.6.